The third-order valence-corrected chi connectivity index (χ3v) is 7.13. The molecule has 3 aliphatic rings. The van der Waals surface area contributed by atoms with E-state index < -0.39 is 0 Å². The number of thioether (sulfide) groups is 1. The molecule has 0 bridgehead atoms. The van der Waals surface area contributed by atoms with Crippen LogP contribution in [0.15, 0.2) is 0 Å². The predicted molar refractivity (Wildman–Crippen MR) is 91.3 cm³/mol. The van der Waals surface area contributed by atoms with Gasteiger partial charge in [-0.25, -0.2) is 4.79 Å². The maximum Gasteiger partial charge on any atom is 0.317 e. The molecule has 0 spiro atoms. The summed E-state index contributed by atoms with van der Waals surface area (Å²) in [4.78, 5) is 14.6. The van der Waals surface area contributed by atoms with E-state index in [2.05, 4.69) is 17.1 Å². The summed E-state index contributed by atoms with van der Waals surface area (Å²) < 4.78 is 5.70. The molecule has 2 amide bonds. The van der Waals surface area contributed by atoms with E-state index in [0.29, 0.717) is 0 Å². The zero-order chi connectivity index (χ0) is 15.4. The average molecular weight is 327 g/mol. The van der Waals surface area contributed by atoms with Gasteiger partial charge in [-0.2, -0.15) is 11.8 Å². The summed E-state index contributed by atoms with van der Waals surface area (Å²) in [7, 11) is 0. The van der Waals surface area contributed by atoms with Crippen LogP contribution in [0.2, 0.25) is 0 Å². The Morgan fingerprint density at radius 3 is 2.45 bits per heavy atom. The number of carbonyl (C=O) groups is 1. The minimum Gasteiger partial charge on any atom is -0.381 e. The highest BCUT2D eigenvalue weighted by atomic mass is 32.2. The van der Waals surface area contributed by atoms with Crippen LogP contribution >= 0.6 is 11.8 Å². The Kier molecular flexibility index (Phi) is 5.55. The van der Waals surface area contributed by atoms with E-state index in [-0.39, 0.29) is 10.8 Å². The Hall–Kier alpha value is -0.420. The Labute approximate surface area is 138 Å². The molecule has 3 rings (SSSR count). The molecule has 2 saturated heterocycles. The smallest absolute Gasteiger partial charge is 0.317 e. The maximum atomic E-state index is 12.6. The molecule has 0 aromatic heterocycles. The van der Waals surface area contributed by atoms with E-state index in [1.54, 1.807) is 0 Å². The standard InChI is InChI=1S/C17H30N2O2S/c1-2-22-17(7-9-21-10-8-17)13-18-16(20)19-11-14-5-3-4-6-15(14)12-19/h14-15H,2-13H2,1H3,(H,18,20)/t14-,15+. The molecule has 1 saturated carbocycles. The van der Waals surface area contributed by atoms with E-state index in [1.165, 1.54) is 25.7 Å². The summed E-state index contributed by atoms with van der Waals surface area (Å²) in [6.07, 6.45) is 7.46. The first-order valence-electron chi connectivity index (χ1n) is 8.97. The third kappa shape index (κ3) is 3.73. The Balaban J connectivity index is 1.50. The lowest BCUT2D eigenvalue weighted by Crippen LogP contribution is -2.48. The van der Waals surface area contributed by atoms with Crippen molar-refractivity contribution in [1.29, 1.82) is 0 Å². The van der Waals surface area contributed by atoms with Gasteiger partial charge in [-0.15, -0.1) is 0 Å². The van der Waals surface area contributed by atoms with Crippen molar-refractivity contribution in [3.8, 4) is 0 Å². The Bertz CT molecular complexity index is 365. The summed E-state index contributed by atoms with van der Waals surface area (Å²) in [5, 5.41) is 3.24. The number of hydrogen-bond donors (Lipinski definition) is 1. The molecule has 2 heterocycles. The lowest BCUT2D eigenvalue weighted by Gasteiger charge is -2.37. The highest BCUT2D eigenvalue weighted by molar-refractivity contribution is 8.00. The fourth-order valence-electron chi connectivity index (χ4n) is 4.34. The van der Waals surface area contributed by atoms with Crippen LogP contribution in [0.1, 0.15) is 45.4 Å². The van der Waals surface area contributed by atoms with Gasteiger partial charge < -0.3 is 15.0 Å². The first kappa shape index (κ1) is 16.4. The minimum absolute atomic E-state index is 0.164. The molecule has 4 nitrogen and oxygen atoms in total. The van der Waals surface area contributed by atoms with E-state index in [9.17, 15) is 4.79 Å². The number of amides is 2. The zero-order valence-electron chi connectivity index (χ0n) is 13.8. The van der Waals surface area contributed by atoms with Crippen LogP contribution in [0.3, 0.4) is 0 Å². The number of nitrogens with one attached hydrogen (secondary N) is 1. The van der Waals surface area contributed by atoms with E-state index in [0.717, 1.165) is 63.3 Å². The zero-order valence-corrected chi connectivity index (χ0v) is 14.6. The first-order chi connectivity index (χ1) is 10.7. The number of ether oxygens (including phenoxy) is 1. The van der Waals surface area contributed by atoms with Crippen LogP contribution in [0.4, 0.5) is 4.79 Å². The average Bonchev–Trinajstić information content (AvgIpc) is 2.98. The van der Waals surface area contributed by atoms with Gasteiger partial charge in [-0.05, 0) is 43.3 Å². The number of fused-ring (bicyclic) bond motifs is 1. The number of urea groups is 1. The van der Waals surface area contributed by atoms with Crippen molar-refractivity contribution >= 4 is 17.8 Å². The SMILES string of the molecule is CCSC1(CNC(=O)N2C[C@H]3CCCC[C@H]3C2)CCOCC1. The number of rotatable bonds is 4. The molecule has 22 heavy (non-hydrogen) atoms. The van der Waals surface area contributed by atoms with Gasteiger partial charge in [0.25, 0.3) is 0 Å². The fraction of sp³-hybridized carbons (Fsp3) is 0.941. The second kappa shape index (κ2) is 7.43. The molecule has 0 unspecified atom stereocenters. The molecule has 2 atom stereocenters. The molecular weight excluding hydrogens is 296 g/mol. The van der Waals surface area contributed by atoms with Crippen LogP contribution in [0.5, 0.6) is 0 Å². The van der Waals surface area contributed by atoms with Crippen LogP contribution in [0.25, 0.3) is 0 Å². The molecule has 0 radical (unpaired) electrons. The lowest BCUT2D eigenvalue weighted by atomic mass is 9.82. The normalized spacial score (nSPS) is 30.9. The quantitative estimate of drug-likeness (QED) is 0.863. The van der Waals surface area contributed by atoms with E-state index in [4.69, 9.17) is 4.74 Å². The lowest BCUT2D eigenvalue weighted by molar-refractivity contribution is 0.0772. The van der Waals surface area contributed by atoms with Crippen molar-refractivity contribution < 1.29 is 9.53 Å². The molecule has 3 fully saturated rings. The van der Waals surface area contributed by atoms with Crippen LogP contribution in [0, 0.1) is 11.8 Å². The van der Waals surface area contributed by atoms with Crippen molar-refractivity contribution in [2.45, 2.75) is 50.2 Å². The van der Waals surface area contributed by atoms with Crippen LogP contribution in [-0.4, -0.2) is 54.3 Å². The molecule has 0 aromatic carbocycles. The fourth-order valence-corrected chi connectivity index (χ4v) is 5.58. The molecule has 2 aliphatic heterocycles. The largest absolute Gasteiger partial charge is 0.381 e. The summed E-state index contributed by atoms with van der Waals surface area (Å²) in [6.45, 7) is 6.61. The summed E-state index contributed by atoms with van der Waals surface area (Å²) in [5.41, 5.74) is 0. The first-order valence-corrected chi connectivity index (χ1v) is 9.95. The predicted octanol–water partition coefficient (Wildman–Crippen LogP) is 3.12. The Morgan fingerprint density at radius 2 is 1.86 bits per heavy atom. The molecule has 1 aliphatic carbocycles. The van der Waals surface area contributed by atoms with Crippen molar-refractivity contribution in [1.82, 2.24) is 10.2 Å². The monoisotopic (exact) mass is 326 g/mol. The highest BCUT2D eigenvalue weighted by Gasteiger charge is 2.38. The van der Waals surface area contributed by atoms with Crippen LogP contribution in [-0.2, 0) is 4.74 Å². The van der Waals surface area contributed by atoms with Gasteiger partial charge >= 0.3 is 6.03 Å². The van der Waals surface area contributed by atoms with Crippen molar-refractivity contribution in [3.63, 3.8) is 0 Å². The summed E-state index contributed by atoms with van der Waals surface area (Å²) >= 11 is 1.99. The highest BCUT2D eigenvalue weighted by Crippen LogP contribution is 2.37. The van der Waals surface area contributed by atoms with Gasteiger partial charge in [0.2, 0.25) is 0 Å². The topological polar surface area (TPSA) is 41.6 Å². The third-order valence-electron chi connectivity index (χ3n) is 5.68. The van der Waals surface area contributed by atoms with Gasteiger partial charge in [0.1, 0.15) is 0 Å². The molecule has 0 aromatic rings. The minimum atomic E-state index is 0.164. The van der Waals surface area contributed by atoms with Gasteiger partial charge in [0.15, 0.2) is 0 Å². The van der Waals surface area contributed by atoms with E-state index in [1.807, 2.05) is 11.8 Å². The number of likely N-dealkylation sites (tertiary alicyclic amines) is 1. The summed E-state index contributed by atoms with van der Waals surface area (Å²) in [5.74, 6) is 2.63. The summed E-state index contributed by atoms with van der Waals surface area (Å²) in [6, 6.07) is 0.164. The van der Waals surface area contributed by atoms with Crippen molar-refractivity contribution in [2.75, 3.05) is 38.6 Å². The van der Waals surface area contributed by atoms with E-state index >= 15 is 0 Å². The van der Waals surface area contributed by atoms with Gasteiger partial charge in [0.05, 0.1) is 0 Å². The second-order valence-corrected chi connectivity index (χ2v) is 8.83. The second-order valence-electron chi connectivity index (χ2n) is 7.10. The number of carbonyl (C=O) groups excluding carboxylic acids is 1. The molecular formula is C17H30N2O2S. The maximum absolute atomic E-state index is 12.6. The van der Waals surface area contributed by atoms with Gasteiger partial charge in [-0.1, -0.05) is 19.8 Å². The van der Waals surface area contributed by atoms with Crippen LogP contribution < -0.4 is 5.32 Å². The molecule has 1 N–H and O–H groups in total. The van der Waals surface area contributed by atoms with Gasteiger partial charge in [-0.3, -0.25) is 0 Å². The number of nitrogens with zero attached hydrogens (tertiary/aromatic N) is 1. The van der Waals surface area contributed by atoms with Gasteiger partial charge in [0, 0.05) is 37.6 Å². The molecule has 126 valence electrons. The van der Waals surface area contributed by atoms with Crippen molar-refractivity contribution in [2.24, 2.45) is 11.8 Å². The number of hydrogen-bond acceptors (Lipinski definition) is 3. The molecule has 5 heteroatoms. The Morgan fingerprint density at radius 1 is 1.23 bits per heavy atom. The van der Waals surface area contributed by atoms with Crippen molar-refractivity contribution in [3.05, 3.63) is 0 Å².